The molecule has 1 N–H and O–H groups in total. The Bertz CT molecular complexity index is 835. The Morgan fingerprint density at radius 1 is 1.05 bits per heavy atom. The van der Waals surface area contributed by atoms with E-state index in [4.69, 9.17) is 23.2 Å². The van der Waals surface area contributed by atoms with Crippen molar-refractivity contribution in [2.75, 3.05) is 5.43 Å². The Kier molecular flexibility index (Phi) is 3.48. The second kappa shape index (κ2) is 5.50. The first-order chi connectivity index (χ1) is 10.7. The lowest BCUT2D eigenvalue weighted by atomic mass is 10.2. The van der Waals surface area contributed by atoms with Gasteiger partial charge in [-0.2, -0.15) is 0 Å². The molecule has 1 atom stereocenters. The molecule has 1 aliphatic heterocycles. The van der Waals surface area contributed by atoms with Gasteiger partial charge < -0.3 is 5.43 Å². The van der Waals surface area contributed by atoms with Gasteiger partial charge in [-0.25, -0.2) is 4.68 Å². The fraction of sp³-hybridized carbons (Fsp3) is 0.0667. The van der Waals surface area contributed by atoms with Gasteiger partial charge in [0.1, 0.15) is 5.37 Å². The van der Waals surface area contributed by atoms with E-state index < -0.39 is 0 Å². The van der Waals surface area contributed by atoms with Gasteiger partial charge in [0.15, 0.2) is 5.82 Å². The molecule has 7 heteroatoms. The van der Waals surface area contributed by atoms with Crippen molar-refractivity contribution in [2.45, 2.75) is 10.5 Å². The smallest absolute Gasteiger partial charge is 0.212 e. The van der Waals surface area contributed by atoms with E-state index in [0.717, 1.165) is 10.7 Å². The Labute approximate surface area is 141 Å². The molecule has 1 aromatic heterocycles. The van der Waals surface area contributed by atoms with E-state index >= 15 is 0 Å². The molecular formula is C15H10Cl2N4S. The van der Waals surface area contributed by atoms with Crippen molar-refractivity contribution in [1.29, 1.82) is 0 Å². The number of rotatable bonds is 2. The van der Waals surface area contributed by atoms with Gasteiger partial charge in [0.25, 0.3) is 0 Å². The highest BCUT2D eigenvalue weighted by Gasteiger charge is 2.28. The van der Waals surface area contributed by atoms with E-state index in [1.807, 2.05) is 28.9 Å². The van der Waals surface area contributed by atoms with E-state index in [2.05, 4.69) is 27.8 Å². The molecule has 22 heavy (non-hydrogen) atoms. The monoisotopic (exact) mass is 348 g/mol. The van der Waals surface area contributed by atoms with Crippen LogP contribution in [-0.4, -0.2) is 14.9 Å². The molecule has 0 saturated heterocycles. The molecule has 0 bridgehead atoms. The normalized spacial score (nSPS) is 16.4. The number of halogens is 2. The number of nitrogens with one attached hydrogen (secondary N) is 1. The number of fused-ring (bicyclic) bond motifs is 1. The Morgan fingerprint density at radius 2 is 1.86 bits per heavy atom. The minimum atomic E-state index is 0.108. The number of aromatic nitrogens is 3. The van der Waals surface area contributed by atoms with E-state index in [1.165, 1.54) is 5.56 Å². The molecule has 0 spiro atoms. The first-order valence-electron chi connectivity index (χ1n) is 6.61. The molecular weight excluding hydrogens is 339 g/mol. The van der Waals surface area contributed by atoms with Crippen LogP contribution in [0.25, 0.3) is 11.4 Å². The summed E-state index contributed by atoms with van der Waals surface area (Å²) in [6, 6.07) is 15.6. The zero-order chi connectivity index (χ0) is 15.1. The maximum Gasteiger partial charge on any atom is 0.212 e. The van der Waals surface area contributed by atoms with Crippen molar-refractivity contribution >= 4 is 35.0 Å². The summed E-state index contributed by atoms with van der Waals surface area (Å²) in [7, 11) is 0. The third-order valence-corrected chi connectivity index (χ3v) is 5.01. The molecule has 0 radical (unpaired) electrons. The predicted molar refractivity (Wildman–Crippen MR) is 89.9 cm³/mol. The van der Waals surface area contributed by atoms with Crippen LogP contribution < -0.4 is 5.43 Å². The van der Waals surface area contributed by atoms with Crippen LogP contribution in [0.3, 0.4) is 0 Å². The molecule has 0 aliphatic carbocycles. The van der Waals surface area contributed by atoms with Crippen molar-refractivity contribution in [3.8, 4) is 11.4 Å². The summed E-state index contributed by atoms with van der Waals surface area (Å²) in [6.45, 7) is 0. The van der Waals surface area contributed by atoms with E-state index in [0.29, 0.717) is 15.9 Å². The lowest BCUT2D eigenvalue weighted by Gasteiger charge is -2.12. The van der Waals surface area contributed by atoms with E-state index in [1.54, 1.807) is 23.9 Å². The summed E-state index contributed by atoms with van der Waals surface area (Å²) in [5, 5.41) is 10.5. The number of nitrogens with zero attached hydrogens (tertiary/aromatic N) is 3. The summed E-state index contributed by atoms with van der Waals surface area (Å²) in [5.74, 6) is 0.683. The zero-order valence-corrected chi connectivity index (χ0v) is 13.5. The van der Waals surface area contributed by atoms with Gasteiger partial charge in [0.2, 0.25) is 5.16 Å². The highest BCUT2D eigenvalue weighted by Crippen LogP contribution is 2.41. The molecule has 0 saturated carbocycles. The average molecular weight is 349 g/mol. The van der Waals surface area contributed by atoms with Gasteiger partial charge in [-0.05, 0) is 23.8 Å². The summed E-state index contributed by atoms with van der Waals surface area (Å²) >= 11 is 13.9. The fourth-order valence-electron chi connectivity index (χ4n) is 2.33. The van der Waals surface area contributed by atoms with Crippen LogP contribution in [0.5, 0.6) is 0 Å². The summed E-state index contributed by atoms with van der Waals surface area (Å²) < 4.78 is 1.87. The maximum absolute atomic E-state index is 6.28. The standard InChI is InChI=1S/C15H10Cl2N4S/c16-10-6-7-11(12(17)8-10)13-18-19-15-21(13)20-14(22-15)9-4-2-1-3-5-9/h1-8,14,20H. The third kappa shape index (κ3) is 2.35. The quantitative estimate of drug-likeness (QED) is 0.734. The van der Waals surface area contributed by atoms with Gasteiger partial charge in [-0.1, -0.05) is 65.3 Å². The van der Waals surface area contributed by atoms with Crippen LogP contribution in [0.2, 0.25) is 10.0 Å². The maximum atomic E-state index is 6.28. The number of hydrogen-bond acceptors (Lipinski definition) is 4. The molecule has 4 nitrogen and oxygen atoms in total. The highest BCUT2D eigenvalue weighted by molar-refractivity contribution is 7.99. The molecule has 1 aliphatic rings. The number of hydrogen-bond donors (Lipinski definition) is 1. The fourth-order valence-corrected chi connectivity index (χ4v) is 3.82. The molecule has 4 rings (SSSR count). The topological polar surface area (TPSA) is 42.7 Å². The summed E-state index contributed by atoms with van der Waals surface area (Å²) in [6.07, 6.45) is 0. The second-order valence-corrected chi connectivity index (χ2v) is 6.72. The van der Waals surface area contributed by atoms with Gasteiger partial charge in [-0.15, -0.1) is 10.2 Å². The largest absolute Gasteiger partial charge is 0.304 e. The molecule has 0 fully saturated rings. The number of thioether (sulfide) groups is 1. The van der Waals surface area contributed by atoms with Crippen LogP contribution >= 0.6 is 35.0 Å². The molecule has 110 valence electrons. The van der Waals surface area contributed by atoms with Crippen molar-refractivity contribution in [3.63, 3.8) is 0 Å². The first-order valence-corrected chi connectivity index (χ1v) is 8.25. The van der Waals surface area contributed by atoms with Crippen molar-refractivity contribution in [1.82, 2.24) is 14.9 Å². The Hall–Kier alpha value is -1.69. The molecule has 1 unspecified atom stereocenters. The molecule has 2 aromatic carbocycles. The number of benzene rings is 2. The SMILES string of the molecule is Clc1ccc(-c2nnc3n2NC(c2ccccc2)S3)c(Cl)c1. The zero-order valence-electron chi connectivity index (χ0n) is 11.2. The Balaban J connectivity index is 1.70. The van der Waals surface area contributed by atoms with Crippen molar-refractivity contribution < 1.29 is 0 Å². The van der Waals surface area contributed by atoms with Crippen molar-refractivity contribution in [3.05, 3.63) is 64.1 Å². The highest BCUT2D eigenvalue weighted by atomic mass is 35.5. The lowest BCUT2D eigenvalue weighted by molar-refractivity contribution is 0.792. The van der Waals surface area contributed by atoms with Crippen LogP contribution in [0.4, 0.5) is 0 Å². The van der Waals surface area contributed by atoms with Crippen LogP contribution in [-0.2, 0) is 0 Å². The van der Waals surface area contributed by atoms with Gasteiger partial charge in [0.05, 0.1) is 5.02 Å². The van der Waals surface area contributed by atoms with Gasteiger partial charge >= 0.3 is 0 Å². The second-order valence-electron chi connectivity index (χ2n) is 4.80. The van der Waals surface area contributed by atoms with Crippen LogP contribution in [0.1, 0.15) is 10.9 Å². The summed E-state index contributed by atoms with van der Waals surface area (Å²) in [4.78, 5) is 0. The third-order valence-electron chi connectivity index (χ3n) is 3.38. The molecule has 2 heterocycles. The Morgan fingerprint density at radius 3 is 2.64 bits per heavy atom. The van der Waals surface area contributed by atoms with Crippen LogP contribution in [0.15, 0.2) is 53.7 Å². The summed E-state index contributed by atoms with van der Waals surface area (Å²) in [5.41, 5.74) is 5.39. The lowest BCUT2D eigenvalue weighted by Crippen LogP contribution is -2.13. The average Bonchev–Trinajstić information content (AvgIpc) is 3.09. The van der Waals surface area contributed by atoms with Gasteiger partial charge in [-0.3, -0.25) is 0 Å². The minimum Gasteiger partial charge on any atom is -0.304 e. The van der Waals surface area contributed by atoms with E-state index in [-0.39, 0.29) is 5.37 Å². The molecule has 0 amide bonds. The first kappa shape index (κ1) is 13.9. The van der Waals surface area contributed by atoms with Gasteiger partial charge in [0, 0.05) is 10.6 Å². The van der Waals surface area contributed by atoms with Crippen LogP contribution in [0, 0.1) is 0 Å². The minimum absolute atomic E-state index is 0.108. The van der Waals surface area contributed by atoms with Crippen molar-refractivity contribution in [2.24, 2.45) is 0 Å². The molecule has 3 aromatic rings. The predicted octanol–water partition coefficient (Wildman–Crippen LogP) is 4.60. The van der Waals surface area contributed by atoms with E-state index in [9.17, 15) is 0 Å².